The van der Waals surface area contributed by atoms with E-state index < -0.39 is 0 Å². The molecule has 1 nitrogen and oxygen atoms in total. The zero-order valence-corrected chi connectivity index (χ0v) is 6.59. The van der Waals surface area contributed by atoms with E-state index >= 15 is 0 Å². The number of hydrogen-bond donors (Lipinski definition) is 0. The molecule has 0 N–H and O–H groups in total. The van der Waals surface area contributed by atoms with Gasteiger partial charge in [0.2, 0.25) is 0 Å². The highest BCUT2D eigenvalue weighted by molar-refractivity contribution is 7.13. The molecule has 0 saturated carbocycles. The minimum Gasteiger partial charge on any atom is -0.287 e. The van der Waals surface area contributed by atoms with Crippen LogP contribution in [-0.2, 0) is 0 Å². The standard InChI is InChI=1S/C5H13BNP/c6-5-1-3-7(8)4-2-5/h5H,1-4,6,8H2. The summed E-state index contributed by atoms with van der Waals surface area (Å²) in [6, 6.07) is 0. The summed E-state index contributed by atoms with van der Waals surface area (Å²) in [6.45, 7) is 2.54. The molecular weight excluding hydrogens is 116 g/mol. The Bertz CT molecular complexity index is 60.8. The quantitative estimate of drug-likeness (QED) is 0.335. The maximum atomic E-state index is 2.76. The van der Waals surface area contributed by atoms with Crippen LogP contribution >= 0.6 is 9.39 Å². The predicted octanol–water partition coefficient (Wildman–Crippen LogP) is 0.294. The van der Waals surface area contributed by atoms with Gasteiger partial charge in [-0.25, -0.2) is 0 Å². The maximum Gasteiger partial charge on any atom is 0.105 e. The summed E-state index contributed by atoms with van der Waals surface area (Å²) in [7, 11) is 5.09. The Labute approximate surface area is 54.5 Å². The van der Waals surface area contributed by atoms with Gasteiger partial charge in [-0.15, -0.1) is 0 Å². The molecule has 0 amide bonds. The average molecular weight is 129 g/mol. The fourth-order valence-electron chi connectivity index (χ4n) is 1.03. The van der Waals surface area contributed by atoms with Crippen molar-refractivity contribution in [2.24, 2.45) is 0 Å². The van der Waals surface area contributed by atoms with Gasteiger partial charge in [-0.2, -0.15) is 0 Å². The van der Waals surface area contributed by atoms with E-state index in [1.54, 1.807) is 0 Å². The molecule has 8 heavy (non-hydrogen) atoms. The van der Waals surface area contributed by atoms with Crippen molar-refractivity contribution in [1.29, 1.82) is 0 Å². The first-order valence-corrected chi connectivity index (χ1v) is 3.80. The van der Waals surface area contributed by atoms with Crippen LogP contribution in [0.4, 0.5) is 0 Å². The first-order valence-electron chi connectivity index (χ1n) is 3.28. The lowest BCUT2D eigenvalue weighted by atomic mass is 9.80. The second-order valence-corrected chi connectivity index (χ2v) is 3.45. The van der Waals surface area contributed by atoms with E-state index in [9.17, 15) is 0 Å². The van der Waals surface area contributed by atoms with E-state index in [0.717, 1.165) is 5.82 Å². The van der Waals surface area contributed by atoms with Crippen LogP contribution in [0.25, 0.3) is 0 Å². The largest absolute Gasteiger partial charge is 0.287 e. The second-order valence-electron chi connectivity index (χ2n) is 2.72. The molecule has 0 aromatic heterocycles. The molecular formula is C5H13BNP. The summed E-state index contributed by atoms with van der Waals surface area (Å²) in [4.78, 5) is 0. The lowest BCUT2D eigenvalue weighted by Gasteiger charge is -2.25. The van der Waals surface area contributed by atoms with Crippen molar-refractivity contribution in [3.8, 4) is 0 Å². The molecule has 1 heterocycles. The van der Waals surface area contributed by atoms with Crippen molar-refractivity contribution in [2.45, 2.75) is 18.7 Å². The zero-order valence-electron chi connectivity index (χ0n) is 5.43. The summed E-state index contributed by atoms with van der Waals surface area (Å²) >= 11 is 0. The number of hydrogen-bond acceptors (Lipinski definition) is 1. The summed E-state index contributed by atoms with van der Waals surface area (Å²) in [5, 5.41) is 0. The predicted molar refractivity (Wildman–Crippen MR) is 42.8 cm³/mol. The lowest BCUT2D eigenvalue weighted by Crippen LogP contribution is -2.22. The normalized spacial score (nSPS) is 26.1. The Kier molecular flexibility index (Phi) is 2.33. The summed E-state index contributed by atoms with van der Waals surface area (Å²) in [5.74, 6) is 0.965. The Morgan fingerprint density at radius 2 is 1.88 bits per heavy atom. The third-order valence-corrected chi connectivity index (χ3v) is 2.33. The first kappa shape index (κ1) is 6.57. The monoisotopic (exact) mass is 129 g/mol. The van der Waals surface area contributed by atoms with E-state index in [4.69, 9.17) is 0 Å². The number of piperidine rings is 1. The van der Waals surface area contributed by atoms with Crippen LogP contribution in [0.1, 0.15) is 12.8 Å². The van der Waals surface area contributed by atoms with Crippen molar-refractivity contribution in [3.05, 3.63) is 0 Å². The minimum atomic E-state index is 0.965. The molecule has 0 radical (unpaired) electrons. The van der Waals surface area contributed by atoms with Gasteiger partial charge in [0.25, 0.3) is 0 Å². The van der Waals surface area contributed by atoms with Gasteiger partial charge in [0, 0.05) is 13.1 Å². The van der Waals surface area contributed by atoms with Crippen LogP contribution in [0.2, 0.25) is 5.82 Å². The van der Waals surface area contributed by atoms with Gasteiger partial charge in [0.05, 0.1) is 0 Å². The number of rotatable bonds is 0. The smallest absolute Gasteiger partial charge is 0.105 e. The highest BCUT2D eigenvalue weighted by atomic mass is 31.0. The Morgan fingerprint density at radius 1 is 1.38 bits per heavy atom. The molecule has 1 rings (SSSR count). The van der Waals surface area contributed by atoms with E-state index in [-0.39, 0.29) is 0 Å². The summed E-state index contributed by atoms with van der Waals surface area (Å²) in [6.07, 6.45) is 2.76. The molecule has 46 valence electrons. The van der Waals surface area contributed by atoms with Crippen LogP contribution < -0.4 is 0 Å². The maximum absolute atomic E-state index is 2.76. The molecule has 0 aliphatic carbocycles. The molecule has 0 spiro atoms. The fraction of sp³-hybridized carbons (Fsp3) is 1.00. The molecule has 1 aliphatic rings. The van der Waals surface area contributed by atoms with Crippen LogP contribution in [0.3, 0.4) is 0 Å². The Balaban J connectivity index is 2.19. The molecule has 1 unspecified atom stereocenters. The molecule has 0 aromatic carbocycles. The van der Waals surface area contributed by atoms with Crippen molar-refractivity contribution in [1.82, 2.24) is 4.67 Å². The van der Waals surface area contributed by atoms with Crippen LogP contribution in [0.15, 0.2) is 0 Å². The van der Waals surface area contributed by atoms with Gasteiger partial charge in [-0.1, -0.05) is 15.2 Å². The average Bonchev–Trinajstić information content (AvgIpc) is 1.77. The van der Waals surface area contributed by atoms with Gasteiger partial charge in [-0.05, 0) is 12.8 Å². The van der Waals surface area contributed by atoms with Crippen LogP contribution in [0.5, 0.6) is 0 Å². The molecule has 3 heteroatoms. The third kappa shape index (κ3) is 1.76. The Hall–Kier alpha value is 0.455. The molecule has 1 fully saturated rings. The molecule has 0 aromatic rings. The van der Waals surface area contributed by atoms with E-state index in [1.165, 1.54) is 25.9 Å². The summed E-state index contributed by atoms with van der Waals surface area (Å²) in [5.41, 5.74) is 0. The molecule has 1 atom stereocenters. The molecule has 1 saturated heterocycles. The highest BCUT2D eigenvalue weighted by Crippen LogP contribution is 2.20. The van der Waals surface area contributed by atoms with E-state index in [1.807, 2.05) is 0 Å². The second kappa shape index (κ2) is 2.84. The SMILES string of the molecule is BC1CCN(P)CC1. The van der Waals surface area contributed by atoms with Crippen molar-refractivity contribution < 1.29 is 0 Å². The van der Waals surface area contributed by atoms with Crippen LogP contribution in [0, 0.1) is 0 Å². The van der Waals surface area contributed by atoms with E-state index in [0.29, 0.717) is 0 Å². The molecule has 1 aliphatic heterocycles. The minimum absolute atomic E-state index is 0.965. The van der Waals surface area contributed by atoms with E-state index in [2.05, 4.69) is 21.9 Å². The van der Waals surface area contributed by atoms with Gasteiger partial charge in [-0.3, -0.25) is 4.67 Å². The Morgan fingerprint density at radius 3 is 2.25 bits per heavy atom. The van der Waals surface area contributed by atoms with Gasteiger partial charge < -0.3 is 0 Å². The summed E-state index contributed by atoms with van der Waals surface area (Å²) < 4.78 is 2.32. The van der Waals surface area contributed by atoms with Crippen molar-refractivity contribution in [3.63, 3.8) is 0 Å². The van der Waals surface area contributed by atoms with Gasteiger partial charge in [0.15, 0.2) is 0 Å². The van der Waals surface area contributed by atoms with Gasteiger partial charge >= 0.3 is 0 Å². The third-order valence-electron chi connectivity index (χ3n) is 1.82. The first-order chi connectivity index (χ1) is 3.79. The van der Waals surface area contributed by atoms with Gasteiger partial charge in [0.1, 0.15) is 7.85 Å². The molecule has 0 bridgehead atoms. The highest BCUT2D eigenvalue weighted by Gasteiger charge is 2.10. The fourth-order valence-corrected chi connectivity index (χ4v) is 1.33. The van der Waals surface area contributed by atoms with Crippen molar-refractivity contribution >= 4 is 17.2 Å². The zero-order chi connectivity index (χ0) is 5.98. The lowest BCUT2D eigenvalue weighted by molar-refractivity contribution is 0.380. The topological polar surface area (TPSA) is 3.24 Å². The number of nitrogens with zero attached hydrogens (tertiary/aromatic N) is 1. The van der Waals surface area contributed by atoms with Crippen molar-refractivity contribution in [2.75, 3.05) is 13.1 Å². The van der Waals surface area contributed by atoms with Crippen LogP contribution in [-0.4, -0.2) is 25.6 Å².